The van der Waals surface area contributed by atoms with Gasteiger partial charge < -0.3 is 14.9 Å². The van der Waals surface area contributed by atoms with Crippen molar-refractivity contribution in [3.63, 3.8) is 0 Å². The fourth-order valence-electron chi connectivity index (χ4n) is 3.12. The summed E-state index contributed by atoms with van der Waals surface area (Å²) in [5.74, 6) is 0.196. The van der Waals surface area contributed by atoms with Crippen LogP contribution in [-0.2, 0) is 11.2 Å². The maximum Gasteiger partial charge on any atom is 0.222 e. The van der Waals surface area contributed by atoms with Gasteiger partial charge in [-0.3, -0.25) is 4.79 Å². The minimum Gasteiger partial charge on any atom is -0.388 e. The number of carbonyl (C=O) groups excluding carboxylic acids is 1. The zero-order valence-electron chi connectivity index (χ0n) is 13.8. The van der Waals surface area contributed by atoms with Gasteiger partial charge in [-0.15, -0.1) is 11.3 Å². The number of amides is 1. The van der Waals surface area contributed by atoms with Crippen molar-refractivity contribution in [3.05, 3.63) is 16.1 Å². The lowest BCUT2D eigenvalue weighted by molar-refractivity contribution is -0.131. The van der Waals surface area contributed by atoms with Gasteiger partial charge in [0.1, 0.15) is 0 Å². The quantitative estimate of drug-likeness (QED) is 0.895. The Kier molecular flexibility index (Phi) is 5.94. The summed E-state index contributed by atoms with van der Waals surface area (Å²) >= 11 is 1.62. The molecular formula is C16H27N3O2S. The number of thiazole rings is 1. The summed E-state index contributed by atoms with van der Waals surface area (Å²) in [5, 5.41) is 10.7. The molecule has 1 fully saturated rings. The van der Waals surface area contributed by atoms with Crippen LogP contribution in [0.5, 0.6) is 0 Å². The number of likely N-dealkylation sites (N-methyl/N-ethyl adjacent to an activating group) is 1. The van der Waals surface area contributed by atoms with Crippen molar-refractivity contribution in [1.82, 2.24) is 14.8 Å². The SMILES string of the molecule is Cc1ncsc1CCC(=O)N1CCCC(O)(CN(C)C)CC1. The first-order valence-corrected chi connectivity index (χ1v) is 8.81. The molecule has 124 valence electrons. The Morgan fingerprint density at radius 1 is 1.45 bits per heavy atom. The van der Waals surface area contributed by atoms with Crippen LogP contribution in [0.2, 0.25) is 0 Å². The number of aliphatic hydroxyl groups is 1. The van der Waals surface area contributed by atoms with Gasteiger partial charge in [0.05, 0.1) is 16.8 Å². The molecule has 2 rings (SSSR count). The van der Waals surface area contributed by atoms with Crippen molar-refractivity contribution in [2.24, 2.45) is 0 Å². The van der Waals surface area contributed by atoms with Crippen molar-refractivity contribution >= 4 is 17.2 Å². The number of hydrogen-bond donors (Lipinski definition) is 1. The minimum absolute atomic E-state index is 0.196. The van der Waals surface area contributed by atoms with E-state index in [1.807, 2.05) is 36.3 Å². The molecule has 1 aromatic rings. The highest BCUT2D eigenvalue weighted by atomic mass is 32.1. The molecule has 22 heavy (non-hydrogen) atoms. The second-order valence-electron chi connectivity index (χ2n) is 6.56. The molecule has 0 spiro atoms. The highest BCUT2D eigenvalue weighted by Gasteiger charge is 2.31. The monoisotopic (exact) mass is 325 g/mol. The Bertz CT molecular complexity index is 503. The Morgan fingerprint density at radius 2 is 2.23 bits per heavy atom. The molecule has 0 saturated carbocycles. The number of nitrogens with zero attached hydrogens (tertiary/aromatic N) is 3. The van der Waals surface area contributed by atoms with Crippen molar-refractivity contribution < 1.29 is 9.90 Å². The third kappa shape index (κ3) is 4.76. The molecule has 0 aliphatic carbocycles. The average molecular weight is 325 g/mol. The highest BCUT2D eigenvalue weighted by Crippen LogP contribution is 2.24. The van der Waals surface area contributed by atoms with Gasteiger partial charge in [0, 0.05) is 30.9 Å². The molecule has 1 unspecified atom stereocenters. The van der Waals surface area contributed by atoms with Gasteiger partial charge in [-0.05, 0) is 46.7 Å². The van der Waals surface area contributed by atoms with E-state index in [1.54, 1.807) is 11.3 Å². The number of likely N-dealkylation sites (tertiary alicyclic amines) is 1. The van der Waals surface area contributed by atoms with Gasteiger partial charge in [0.15, 0.2) is 0 Å². The maximum absolute atomic E-state index is 12.4. The first-order valence-electron chi connectivity index (χ1n) is 7.93. The summed E-state index contributed by atoms with van der Waals surface area (Å²) in [4.78, 5) is 21.8. The summed E-state index contributed by atoms with van der Waals surface area (Å²) in [7, 11) is 3.95. The third-order valence-electron chi connectivity index (χ3n) is 4.29. The molecule has 1 aliphatic rings. The average Bonchev–Trinajstić information content (AvgIpc) is 2.74. The largest absolute Gasteiger partial charge is 0.388 e. The summed E-state index contributed by atoms with van der Waals surface area (Å²) < 4.78 is 0. The molecule has 1 amide bonds. The van der Waals surface area contributed by atoms with Gasteiger partial charge in [0.25, 0.3) is 0 Å². The van der Waals surface area contributed by atoms with Gasteiger partial charge >= 0.3 is 0 Å². The standard InChI is InChI=1S/C16H27N3O2S/c1-13-14(22-12-17-13)5-6-15(20)19-9-4-7-16(21,8-10-19)11-18(2)3/h12,21H,4-11H2,1-3H3. The van der Waals surface area contributed by atoms with Crippen molar-refractivity contribution in [3.8, 4) is 0 Å². The number of aryl methyl sites for hydroxylation is 2. The van der Waals surface area contributed by atoms with E-state index in [2.05, 4.69) is 4.98 Å². The summed E-state index contributed by atoms with van der Waals surface area (Å²) in [6, 6.07) is 0. The number of aromatic nitrogens is 1. The first kappa shape index (κ1) is 17.4. The lowest BCUT2D eigenvalue weighted by atomic mass is 9.94. The van der Waals surface area contributed by atoms with Crippen LogP contribution < -0.4 is 0 Å². The number of hydrogen-bond acceptors (Lipinski definition) is 5. The van der Waals surface area contributed by atoms with Crippen molar-refractivity contribution in [1.29, 1.82) is 0 Å². The van der Waals surface area contributed by atoms with Gasteiger partial charge in [-0.1, -0.05) is 0 Å². The molecule has 5 nitrogen and oxygen atoms in total. The van der Waals surface area contributed by atoms with E-state index in [4.69, 9.17) is 0 Å². The van der Waals surface area contributed by atoms with Crippen LogP contribution >= 0.6 is 11.3 Å². The Balaban J connectivity index is 1.85. The molecule has 0 aromatic carbocycles. The zero-order valence-corrected chi connectivity index (χ0v) is 14.7. The van der Waals surface area contributed by atoms with Gasteiger partial charge in [-0.25, -0.2) is 4.98 Å². The van der Waals surface area contributed by atoms with E-state index in [-0.39, 0.29) is 5.91 Å². The molecule has 1 aliphatic heterocycles. The maximum atomic E-state index is 12.4. The van der Waals surface area contributed by atoms with Crippen molar-refractivity contribution in [2.45, 2.75) is 44.6 Å². The summed E-state index contributed by atoms with van der Waals surface area (Å²) in [6.07, 6.45) is 3.61. The Hall–Kier alpha value is -0.980. The fourth-order valence-corrected chi connectivity index (χ4v) is 3.90. The van der Waals surface area contributed by atoms with Crippen LogP contribution in [0, 0.1) is 6.92 Å². The van der Waals surface area contributed by atoms with E-state index < -0.39 is 5.60 Å². The molecule has 6 heteroatoms. The summed E-state index contributed by atoms with van der Waals surface area (Å²) in [6.45, 7) is 4.07. The van der Waals surface area contributed by atoms with Crippen LogP contribution in [0.15, 0.2) is 5.51 Å². The molecule has 0 radical (unpaired) electrons. The lowest BCUT2D eigenvalue weighted by Gasteiger charge is -2.30. The van der Waals surface area contributed by atoms with Crippen LogP contribution in [0.1, 0.15) is 36.3 Å². The van der Waals surface area contributed by atoms with Gasteiger partial charge in [-0.2, -0.15) is 0 Å². The van der Waals surface area contributed by atoms with E-state index in [1.165, 1.54) is 4.88 Å². The smallest absolute Gasteiger partial charge is 0.222 e. The highest BCUT2D eigenvalue weighted by molar-refractivity contribution is 7.09. The molecule has 0 bridgehead atoms. The normalized spacial score (nSPS) is 22.9. The van der Waals surface area contributed by atoms with E-state index in [0.717, 1.165) is 31.5 Å². The van der Waals surface area contributed by atoms with E-state index >= 15 is 0 Å². The first-order chi connectivity index (χ1) is 10.4. The molecular weight excluding hydrogens is 298 g/mol. The van der Waals surface area contributed by atoms with Crippen LogP contribution in [0.25, 0.3) is 0 Å². The topological polar surface area (TPSA) is 56.7 Å². The van der Waals surface area contributed by atoms with Crippen molar-refractivity contribution in [2.75, 3.05) is 33.7 Å². The molecule has 1 saturated heterocycles. The molecule has 1 atom stereocenters. The zero-order chi connectivity index (χ0) is 16.2. The number of rotatable bonds is 5. The lowest BCUT2D eigenvalue weighted by Crippen LogP contribution is -2.41. The van der Waals surface area contributed by atoms with E-state index in [9.17, 15) is 9.90 Å². The fraction of sp³-hybridized carbons (Fsp3) is 0.750. The second-order valence-corrected chi connectivity index (χ2v) is 7.50. The van der Waals surface area contributed by atoms with Crippen LogP contribution in [0.3, 0.4) is 0 Å². The Labute approximate surface area is 137 Å². The van der Waals surface area contributed by atoms with Crippen LogP contribution in [-0.4, -0.2) is 65.1 Å². The summed E-state index contributed by atoms with van der Waals surface area (Å²) in [5.41, 5.74) is 2.21. The molecule has 1 N–H and O–H groups in total. The molecule has 1 aromatic heterocycles. The third-order valence-corrected chi connectivity index (χ3v) is 5.29. The predicted octanol–water partition coefficient (Wildman–Crippen LogP) is 1.69. The van der Waals surface area contributed by atoms with Crippen LogP contribution in [0.4, 0.5) is 0 Å². The number of carbonyl (C=O) groups is 1. The minimum atomic E-state index is -0.660. The molecule has 2 heterocycles. The Morgan fingerprint density at radius 3 is 2.86 bits per heavy atom. The van der Waals surface area contributed by atoms with E-state index in [0.29, 0.717) is 25.9 Å². The predicted molar refractivity (Wildman–Crippen MR) is 89.1 cm³/mol. The van der Waals surface area contributed by atoms with Gasteiger partial charge in [0.2, 0.25) is 5.91 Å². The second kappa shape index (κ2) is 7.53.